The Labute approximate surface area is 189 Å². The van der Waals surface area contributed by atoms with Gasteiger partial charge in [0.2, 0.25) is 11.2 Å². The molecule has 0 atom stereocenters. The number of hydrogen-bond donors (Lipinski definition) is 0. The van der Waals surface area contributed by atoms with E-state index in [4.69, 9.17) is 9.47 Å². The number of nitrogens with zero attached hydrogens (tertiary/aromatic N) is 3. The molecule has 3 aromatic rings. The van der Waals surface area contributed by atoms with Gasteiger partial charge in [0.15, 0.2) is 11.6 Å². The summed E-state index contributed by atoms with van der Waals surface area (Å²) >= 11 is 0. The molecule has 2 heterocycles. The maximum absolute atomic E-state index is 14.4. The van der Waals surface area contributed by atoms with Gasteiger partial charge >= 0.3 is 0 Å². The Morgan fingerprint density at radius 3 is 2.70 bits per heavy atom. The first-order chi connectivity index (χ1) is 16.0. The summed E-state index contributed by atoms with van der Waals surface area (Å²) in [4.78, 5) is 32.7. The quantitative estimate of drug-likeness (QED) is 0.458. The molecular weight excluding hydrogens is 432 g/mol. The van der Waals surface area contributed by atoms with E-state index in [0.717, 1.165) is 18.9 Å². The third-order valence-corrected chi connectivity index (χ3v) is 5.68. The topological polar surface area (TPSA) is 73.7 Å². The second-order valence-electron chi connectivity index (χ2n) is 8.01. The highest BCUT2D eigenvalue weighted by atomic mass is 19.2. The van der Waals surface area contributed by atoms with Gasteiger partial charge in [0.25, 0.3) is 5.91 Å². The molecule has 0 aliphatic heterocycles. The van der Waals surface area contributed by atoms with Crippen LogP contribution in [-0.4, -0.2) is 47.7 Å². The van der Waals surface area contributed by atoms with Gasteiger partial charge in [0.1, 0.15) is 5.56 Å². The molecule has 1 amide bonds. The van der Waals surface area contributed by atoms with Crippen molar-refractivity contribution < 1.29 is 23.0 Å². The van der Waals surface area contributed by atoms with Crippen molar-refractivity contribution in [1.82, 2.24) is 14.5 Å². The maximum Gasteiger partial charge on any atom is 0.259 e. The highest BCUT2D eigenvalue weighted by Crippen LogP contribution is 2.40. The van der Waals surface area contributed by atoms with Crippen LogP contribution in [0.2, 0.25) is 0 Å². The summed E-state index contributed by atoms with van der Waals surface area (Å²) in [5.41, 5.74) is 0.0649. The second kappa shape index (κ2) is 9.66. The van der Waals surface area contributed by atoms with Gasteiger partial charge in [-0.15, -0.1) is 0 Å². The second-order valence-corrected chi connectivity index (χ2v) is 8.01. The monoisotopic (exact) mass is 457 g/mol. The molecule has 1 saturated carbocycles. The molecule has 0 radical (unpaired) electrons. The Balaban J connectivity index is 1.82. The summed E-state index contributed by atoms with van der Waals surface area (Å²) in [6, 6.07) is 6.22. The summed E-state index contributed by atoms with van der Waals surface area (Å²) in [5, 5.41) is -0.0850. The van der Waals surface area contributed by atoms with Crippen molar-refractivity contribution in [2.24, 2.45) is 0 Å². The van der Waals surface area contributed by atoms with Crippen LogP contribution in [0.4, 0.5) is 8.78 Å². The Kier molecular flexibility index (Phi) is 6.69. The van der Waals surface area contributed by atoms with E-state index >= 15 is 0 Å². The van der Waals surface area contributed by atoms with Gasteiger partial charge in [0, 0.05) is 38.7 Å². The van der Waals surface area contributed by atoms with E-state index in [-0.39, 0.29) is 34.8 Å². The van der Waals surface area contributed by atoms with Crippen molar-refractivity contribution in [3.05, 3.63) is 69.8 Å². The SMILES string of the molecule is COCCCN(Cc1ccccn1)C(=O)c1cn(C2CC2)c2c(OC)c(F)c(F)cc2c1=O. The number of rotatable bonds is 9. The number of aromatic nitrogens is 2. The minimum atomic E-state index is -1.20. The number of fused-ring (bicyclic) bond motifs is 1. The number of methoxy groups -OCH3 is 2. The van der Waals surface area contributed by atoms with E-state index in [0.29, 0.717) is 25.3 Å². The number of halogens is 2. The third-order valence-electron chi connectivity index (χ3n) is 5.68. The van der Waals surface area contributed by atoms with Gasteiger partial charge in [-0.25, -0.2) is 4.39 Å². The molecular formula is C24H25F2N3O4. The molecule has 9 heteroatoms. The normalized spacial score (nSPS) is 13.3. The standard InChI is InChI=1S/C24H25F2N3O4/c1-32-11-5-10-28(13-15-6-3-4-9-27-15)24(31)18-14-29(16-7-8-16)21-17(22(18)30)12-19(25)20(26)23(21)33-2/h3-4,6,9,12,14,16H,5,7-8,10-11,13H2,1-2H3. The van der Waals surface area contributed by atoms with Crippen LogP contribution >= 0.6 is 0 Å². The van der Waals surface area contributed by atoms with Crippen LogP contribution in [-0.2, 0) is 11.3 Å². The molecule has 1 aliphatic rings. The molecule has 7 nitrogen and oxygen atoms in total. The molecule has 0 saturated heterocycles. The zero-order valence-electron chi connectivity index (χ0n) is 18.5. The number of pyridine rings is 2. The molecule has 0 bridgehead atoms. The van der Waals surface area contributed by atoms with Gasteiger partial charge in [0.05, 0.1) is 30.3 Å². The average molecular weight is 457 g/mol. The Hall–Kier alpha value is -3.33. The lowest BCUT2D eigenvalue weighted by Crippen LogP contribution is -2.36. The Morgan fingerprint density at radius 2 is 2.06 bits per heavy atom. The fourth-order valence-electron chi connectivity index (χ4n) is 3.92. The van der Waals surface area contributed by atoms with E-state index in [9.17, 15) is 18.4 Å². The van der Waals surface area contributed by atoms with E-state index in [1.54, 1.807) is 30.0 Å². The van der Waals surface area contributed by atoms with Crippen LogP contribution < -0.4 is 10.2 Å². The summed E-state index contributed by atoms with van der Waals surface area (Å²) in [7, 11) is 2.80. The Bertz CT molecular complexity index is 1230. The molecule has 0 unspecified atom stereocenters. The molecule has 33 heavy (non-hydrogen) atoms. The van der Waals surface area contributed by atoms with E-state index in [2.05, 4.69) is 4.98 Å². The lowest BCUT2D eigenvalue weighted by atomic mass is 10.1. The maximum atomic E-state index is 14.4. The fraction of sp³-hybridized carbons (Fsp3) is 0.375. The van der Waals surface area contributed by atoms with E-state index < -0.39 is 23.0 Å². The molecule has 2 aromatic heterocycles. The smallest absolute Gasteiger partial charge is 0.259 e. The van der Waals surface area contributed by atoms with Crippen LogP contribution in [0.15, 0.2) is 41.5 Å². The molecule has 1 aliphatic carbocycles. The van der Waals surface area contributed by atoms with Gasteiger partial charge in [-0.2, -0.15) is 4.39 Å². The van der Waals surface area contributed by atoms with Gasteiger partial charge < -0.3 is 18.9 Å². The van der Waals surface area contributed by atoms with Gasteiger partial charge in [-0.3, -0.25) is 14.6 Å². The van der Waals surface area contributed by atoms with Crippen molar-refractivity contribution in [2.75, 3.05) is 27.4 Å². The summed E-state index contributed by atoms with van der Waals surface area (Å²) in [6.45, 7) is 0.981. The Morgan fingerprint density at radius 1 is 1.27 bits per heavy atom. The van der Waals surface area contributed by atoms with Crippen molar-refractivity contribution in [2.45, 2.75) is 31.8 Å². The molecule has 4 rings (SSSR count). The van der Waals surface area contributed by atoms with Crippen LogP contribution in [0.5, 0.6) is 5.75 Å². The number of ether oxygens (including phenoxy) is 2. The van der Waals surface area contributed by atoms with Crippen molar-refractivity contribution in [1.29, 1.82) is 0 Å². The summed E-state index contributed by atoms with van der Waals surface area (Å²) in [6.07, 6.45) is 5.25. The molecule has 1 fully saturated rings. The fourth-order valence-corrected chi connectivity index (χ4v) is 3.92. The largest absolute Gasteiger partial charge is 0.491 e. The molecule has 0 N–H and O–H groups in total. The average Bonchev–Trinajstić information content (AvgIpc) is 3.66. The first kappa shape index (κ1) is 22.8. The third kappa shape index (κ3) is 4.59. The zero-order chi connectivity index (χ0) is 23.5. The number of carbonyl (C=O) groups excluding carboxylic acids is 1. The van der Waals surface area contributed by atoms with Crippen LogP contribution in [0, 0.1) is 11.6 Å². The number of benzene rings is 1. The molecule has 0 spiro atoms. The van der Waals surface area contributed by atoms with Crippen molar-refractivity contribution in [3.8, 4) is 5.75 Å². The van der Waals surface area contributed by atoms with Crippen molar-refractivity contribution in [3.63, 3.8) is 0 Å². The predicted molar refractivity (Wildman–Crippen MR) is 118 cm³/mol. The predicted octanol–water partition coefficient (Wildman–Crippen LogP) is 3.70. The lowest BCUT2D eigenvalue weighted by molar-refractivity contribution is 0.0719. The first-order valence-corrected chi connectivity index (χ1v) is 10.7. The van der Waals surface area contributed by atoms with E-state index in [1.165, 1.54) is 18.2 Å². The van der Waals surface area contributed by atoms with Gasteiger partial charge in [-0.1, -0.05) is 6.07 Å². The highest BCUT2D eigenvalue weighted by Gasteiger charge is 2.31. The summed E-state index contributed by atoms with van der Waals surface area (Å²) < 4.78 is 40.6. The first-order valence-electron chi connectivity index (χ1n) is 10.7. The zero-order valence-corrected chi connectivity index (χ0v) is 18.5. The van der Waals surface area contributed by atoms with Crippen molar-refractivity contribution >= 4 is 16.8 Å². The molecule has 174 valence electrons. The highest BCUT2D eigenvalue weighted by molar-refractivity contribution is 5.98. The minimum Gasteiger partial charge on any atom is -0.491 e. The molecule has 1 aromatic carbocycles. The van der Waals surface area contributed by atoms with Crippen LogP contribution in [0.1, 0.15) is 41.4 Å². The number of carbonyl (C=O) groups is 1. The minimum absolute atomic E-state index is 0.0175. The lowest BCUT2D eigenvalue weighted by Gasteiger charge is -2.23. The summed E-state index contributed by atoms with van der Waals surface area (Å²) in [5.74, 6) is -3.19. The number of amides is 1. The van der Waals surface area contributed by atoms with E-state index in [1.807, 2.05) is 6.07 Å². The van der Waals surface area contributed by atoms with Gasteiger partial charge in [-0.05, 0) is 37.5 Å². The number of hydrogen-bond acceptors (Lipinski definition) is 5. The van der Waals surface area contributed by atoms with Crippen LogP contribution in [0.3, 0.4) is 0 Å². The van der Waals surface area contributed by atoms with Crippen LogP contribution in [0.25, 0.3) is 10.9 Å².